The van der Waals surface area contributed by atoms with Gasteiger partial charge in [0.15, 0.2) is 0 Å². The van der Waals surface area contributed by atoms with Gasteiger partial charge in [0, 0.05) is 6.42 Å². The minimum absolute atomic E-state index is 0.0430. The number of benzene rings is 2. The van der Waals surface area contributed by atoms with Crippen molar-refractivity contribution in [3.63, 3.8) is 0 Å². The molecule has 0 saturated carbocycles. The summed E-state index contributed by atoms with van der Waals surface area (Å²) in [5.41, 5.74) is 2.34. The zero-order chi connectivity index (χ0) is 11.5. The smallest absolute Gasteiger partial charge is 0.121 e. The zero-order valence-electron chi connectivity index (χ0n) is 9.45. The summed E-state index contributed by atoms with van der Waals surface area (Å²) in [6.45, 7) is 0. The standard InChI is InChI=1S/C15H14O2/c1-3-7-12(8-4-1)14-11-15(17-16-14)13-9-5-2-6-10-13/h1-10,14-15H,11H2/t14-,15-/m1/s1. The highest BCUT2D eigenvalue weighted by Gasteiger charge is 2.29. The first-order valence-corrected chi connectivity index (χ1v) is 5.85. The van der Waals surface area contributed by atoms with Crippen molar-refractivity contribution < 1.29 is 9.78 Å². The van der Waals surface area contributed by atoms with E-state index >= 15 is 0 Å². The van der Waals surface area contributed by atoms with Crippen LogP contribution in [0.2, 0.25) is 0 Å². The summed E-state index contributed by atoms with van der Waals surface area (Å²) < 4.78 is 0. The summed E-state index contributed by atoms with van der Waals surface area (Å²) in [5.74, 6) is 0. The van der Waals surface area contributed by atoms with E-state index in [1.165, 1.54) is 11.1 Å². The van der Waals surface area contributed by atoms with Gasteiger partial charge in [-0.05, 0) is 11.1 Å². The lowest BCUT2D eigenvalue weighted by molar-refractivity contribution is -0.300. The van der Waals surface area contributed by atoms with Gasteiger partial charge in [-0.1, -0.05) is 60.7 Å². The van der Waals surface area contributed by atoms with Crippen molar-refractivity contribution >= 4 is 0 Å². The van der Waals surface area contributed by atoms with Crippen molar-refractivity contribution in [3.8, 4) is 0 Å². The van der Waals surface area contributed by atoms with Gasteiger partial charge in [-0.2, -0.15) is 0 Å². The molecule has 17 heavy (non-hydrogen) atoms. The first kappa shape index (κ1) is 10.5. The van der Waals surface area contributed by atoms with Gasteiger partial charge in [0.1, 0.15) is 12.2 Å². The minimum Gasteiger partial charge on any atom is -0.228 e. The van der Waals surface area contributed by atoms with Gasteiger partial charge in [-0.25, -0.2) is 9.78 Å². The van der Waals surface area contributed by atoms with Gasteiger partial charge in [0.2, 0.25) is 0 Å². The maximum Gasteiger partial charge on any atom is 0.121 e. The summed E-state index contributed by atoms with van der Waals surface area (Å²) in [5, 5.41) is 0. The molecule has 0 spiro atoms. The molecule has 0 amide bonds. The Balaban J connectivity index is 1.75. The number of rotatable bonds is 2. The van der Waals surface area contributed by atoms with Crippen LogP contribution in [0.15, 0.2) is 60.7 Å². The van der Waals surface area contributed by atoms with Gasteiger partial charge in [-0.3, -0.25) is 0 Å². The second kappa shape index (κ2) is 4.70. The molecule has 1 heterocycles. The van der Waals surface area contributed by atoms with E-state index in [0.717, 1.165) is 6.42 Å². The van der Waals surface area contributed by atoms with Crippen LogP contribution in [0.1, 0.15) is 29.8 Å². The third-order valence-corrected chi connectivity index (χ3v) is 3.06. The van der Waals surface area contributed by atoms with Crippen LogP contribution in [0.3, 0.4) is 0 Å². The molecular weight excluding hydrogens is 212 g/mol. The largest absolute Gasteiger partial charge is 0.228 e. The normalized spacial score (nSPS) is 23.8. The highest BCUT2D eigenvalue weighted by molar-refractivity contribution is 5.22. The van der Waals surface area contributed by atoms with Crippen molar-refractivity contribution in [2.45, 2.75) is 18.6 Å². The van der Waals surface area contributed by atoms with E-state index in [-0.39, 0.29) is 12.2 Å². The molecule has 1 aliphatic rings. The first-order chi connectivity index (χ1) is 8.43. The van der Waals surface area contributed by atoms with Crippen molar-refractivity contribution in [1.82, 2.24) is 0 Å². The van der Waals surface area contributed by atoms with Crippen molar-refractivity contribution in [3.05, 3.63) is 71.8 Å². The molecule has 2 heteroatoms. The van der Waals surface area contributed by atoms with Crippen LogP contribution in [0.4, 0.5) is 0 Å². The third kappa shape index (κ3) is 2.23. The van der Waals surface area contributed by atoms with E-state index in [4.69, 9.17) is 9.78 Å². The van der Waals surface area contributed by atoms with E-state index in [9.17, 15) is 0 Å². The summed E-state index contributed by atoms with van der Waals surface area (Å²) in [7, 11) is 0. The predicted octanol–water partition coefficient (Wildman–Crippen LogP) is 3.82. The molecule has 3 rings (SSSR count). The Morgan fingerprint density at radius 2 is 1.06 bits per heavy atom. The van der Waals surface area contributed by atoms with Crippen LogP contribution in [0.25, 0.3) is 0 Å². The molecule has 0 aliphatic carbocycles. The minimum atomic E-state index is 0.0430. The predicted molar refractivity (Wildman–Crippen MR) is 65.2 cm³/mol. The van der Waals surface area contributed by atoms with Crippen molar-refractivity contribution in [1.29, 1.82) is 0 Å². The van der Waals surface area contributed by atoms with Crippen LogP contribution in [-0.4, -0.2) is 0 Å². The van der Waals surface area contributed by atoms with Gasteiger partial charge in [0.05, 0.1) is 0 Å². The Morgan fingerprint density at radius 1 is 0.647 bits per heavy atom. The zero-order valence-corrected chi connectivity index (χ0v) is 9.45. The molecule has 0 aromatic heterocycles. The fourth-order valence-electron chi connectivity index (χ4n) is 2.13. The monoisotopic (exact) mass is 226 g/mol. The van der Waals surface area contributed by atoms with Gasteiger partial charge in [0.25, 0.3) is 0 Å². The fraction of sp³-hybridized carbons (Fsp3) is 0.200. The highest BCUT2D eigenvalue weighted by Crippen LogP contribution is 2.38. The molecule has 1 fully saturated rings. The SMILES string of the molecule is c1ccc([C@H]2C[C@H](c3ccccc3)OO2)cc1. The van der Waals surface area contributed by atoms with Gasteiger partial charge in [-0.15, -0.1) is 0 Å². The van der Waals surface area contributed by atoms with Gasteiger partial charge < -0.3 is 0 Å². The molecule has 0 N–H and O–H groups in total. The van der Waals surface area contributed by atoms with E-state index in [2.05, 4.69) is 24.3 Å². The molecule has 2 aromatic carbocycles. The van der Waals surface area contributed by atoms with E-state index in [1.54, 1.807) is 0 Å². The Hall–Kier alpha value is -1.64. The summed E-state index contributed by atoms with van der Waals surface area (Å²) in [6, 6.07) is 20.4. The maximum atomic E-state index is 5.41. The first-order valence-electron chi connectivity index (χ1n) is 5.85. The van der Waals surface area contributed by atoms with E-state index in [1.807, 2.05) is 36.4 Å². The lowest BCUT2D eigenvalue weighted by Gasteiger charge is -2.06. The van der Waals surface area contributed by atoms with Crippen LogP contribution in [0, 0.1) is 0 Å². The molecule has 2 aromatic rings. The molecule has 1 aliphatic heterocycles. The number of hydrogen-bond donors (Lipinski definition) is 0. The second-order valence-electron chi connectivity index (χ2n) is 4.23. The lowest BCUT2D eigenvalue weighted by atomic mass is 10.00. The second-order valence-corrected chi connectivity index (χ2v) is 4.23. The third-order valence-electron chi connectivity index (χ3n) is 3.06. The molecule has 0 bridgehead atoms. The van der Waals surface area contributed by atoms with Crippen LogP contribution in [-0.2, 0) is 9.78 Å². The Morgan fingerprint density at radius 3 is 1.47 bits per heavy atom. The molecule has 2 nitrogen and oxygen atoms in total. The molecule has 0 unspecified atom stereocenters. The molecule has 0 radical (unpaired) electrons. The molecular formula is C15H14O2. The average molecular weight is 226 g/mol. The van der Waals surface area contributed by atoms with Crippen LogP contribution in [0.5, 0.6) is 0 Å². The van der Waals surface area contributed by atoms with Crippen LogP contribution >= 0.6 is 0 Å². The van der Waals surface area contributed by atoms with Gasteiger partial charge >= 0.3 is 0 Å². The highest BCUT2D eigenvalue weighted by atomic mass is 17.2. The molecule has 86 valence electrons. The molecule has 2 atom stereocenters. The Bertz CT molecular complexity index is 421. The Kier molecular flexibility index (Phi) is 2.90. The van der Waals surface area contributed by atoms with Crippen molar-refractivity contribution in [2.24, 2.45) is 0 Å². The summed E-state index contributed by atoms with van der Waals surface area (Å²) in [6.07, 6.45) is 0.955. The lowest BCUT2D eigenvalue weighted by Crippen LogP contribution is -1.95. The maximum absolute atomic E-state index is 5.41. The summed E-state index contributed by atoms with van der Waals surface area (Å²) >= 11 is 0. The topological polar surface area (TPSA) is 18.5 Å². The summed E-state index contributed by atoms with van der Waals surface area (Å²) in [4.78, 5) is 10.8. The number of hydrogen-bond acceptors (Lipinski definition) is 2. The Labute approximate surface area is 101 Å². The van der Waals surface area contributed by atoms with Crippen LogP contribution < -0.4 is 0 Å². The molecule has 1 saturated heterocycles. The fourth-order valence-corrected chi connectivity index (χ4v) is 2.13. The average Bonchev–Trinajstić information content (AvgIpc) is 2.90. The van der Waals surface area contributed by atoms with E-state index < -0.39 is 0 Å². The van der Waals surface area contributed by atoms with E-state index in [0.29, 0.717) is 0 Å². The van der Waals surface area contributed by atoms with Crippen molar-refractivity contribution in [2.75, 3.05) is 0 Å². The quantitative estimate of drug-likeness (QED) is 0.725.